The van der Waals surface area contributed by atoms with Gasteiger partial charge in [0.1, 0.15) is 19.4 Å². The Morgan fingerprint density at radius 1 is 1.18 bits per heavy atom. The van der Waals surface area contributed by atoms with E-state index >= 15 is 0 Å². The minimum absolute atomic E-state index is 0.103. The summed E-state index contributed by atoms with van der Waals surface area (Å²) in [6, 6.07) is 11.4. The number of hydrogen-bond acceptors (Lipinski definition) is 6. The highest BCUT2D eigenvalue weighted by Crippen LogP contribution is 2.21. The average molecular weight is 581 g/mol. The molecule has 1 aromatic heterocycles. The molecule has 40 heavy (non-hydrogen) atoms. The van der Waals surface area contributed by atoms with Gasteiger partial charge in [-0.15, -0.1) is 5.10 Å². The third kappa shape index (κ3) is 6.94. The SMILES string of the molecule is N/C(c1ccc(Cl)cc1)=[N+](/C[C@H](O)C(F)(F)F)C(=O)NCc1ncn(-c2ccccc2C(=O)N2CCCCO2)n1. The molecular weight excluding hydrogens is 555 g/mol. The summed E-state index contributed by atoms with van der Waals surface area (Å²) in [7, 11) is 0. The highest BCUT2D eigenvalue weighted by atomic mass is 35.5. The Morgan fingerprint density at radius 3 is 2.58 bits per heavy atom. The molecule has 0 unspecified atom stereocenters. The van der Waals surface area contributed by atoms with Crippen LogP contribution in [0.5, 0.6) is 0 Å². The van der Waals surface area contributed by atoms with E-state index in [1.54, 1.807) is 24.3 Å². The number of aliphatic hydroxyl groups is 1. The van der Waals surface area contributed by atoms with Gasteiger partial charge in [0.25, 0.3) is 5.91 Å². The third-order valence-electron chi connectivity index (χ3n) is 5.96. The Labute approximate surface area is 231 Å². The van der Waals surface area contributed by atoms with Crippen LogP contribution >= 0.6 is 11.6 Å². The van der Waals surface area contributed by atoms with Gasteiger partial charge in [-0.25, -0.2) is 19.5 Å². The van der Waals surface area contributed by atoms with E-state index in [-0.39, 0.29) is 29.7 Å². The summed E-state index contributed by atoms with van der Waals surface area (Å²) in [6.07, 6.45) is -4.82. The molecular formula is C25H26ClF3N7O4+. The highest BCUT2D eigenvalue weighted by molar-refractivity contribution is 6.30. The Morgan fingerprint density at radius 2 is 1.90 bits per heavy atom. The summed E-state index contributed by atoms with van der Waals surface area (Å²) in [5.74, 6) is -0.567. The van der Waals surface area contributed by atoms with E-state index in [4.69, 9.17) is 22.2 Å². The van der Waals surface area contributed by atoms with E-state index in [1.807, 2.05) is 0 Å². The lowest BCUT2D eigenvalue weighted by atomic mass is 10.1. The summed E-state index contributed by atoms with van der Waals surface area (Å²) in [5, 5.41) is 18.0. The molecule has 212 valence electrons. The quantitative estimate of drug-likeness (QED) is 0.222. The van der Waals surface area contributed by atoms with E-state index in [9.17, 15) is 27.9 Å². The van der Waals surface area contributed by atoms with Crippen molar-refractivity contribution < 1.29 is 37.3 Å². The second-order valence-electron chi connectivity index (χ2n) is 8.79. The second-order valence-corrected chi connectivity index (χ2v) is 9.23. The fourth-order valence-electron chi connectivity index (χ4n) is 3.83. The molecule has 0 saturated carbocycles. The van der Waals surface area contributed by atoms with E-state index in [2.05, 4.69) is 15.4 Å². The number of urea groups is 1. The van der Waals surface area contributed by atoms with Crippen LogP contribution in [-0.4, -0.2) is 79.3 Å². The number of para-hydroxylation sites is 1. The smallest absolute Gasteiger partial charge is 0.381 e. The van der Waals surface area contributed by atoms with Crippen LogP contribution < -0.4 is 11.1 Å². The number of alkyl halides is 3. The summed E-state index contributed by atoms with van der Waals surface area (Å²) in [4.78, 5) is 35.5. The van der Waals surface area contributed by atoms with E-state index in [1.165, 1.54) is 40.3 Å². The summed E-state index contributed by atoms with van der Waals surface area (Å²) in [6.45, 7) is -0.543. The molecule has 0 radical (unpaired) electrons. The molecule has 0 bridgehead atoms. The van der Waals surface area contributed by atoms with E-state index in [0.29, 0.717) is 34.0 Å². The zero-order chi connectivity index (χ0) is 28.9. The molecule has 2 heterocycles. The Hall–Kier alpha value is -4.01. The van der Waals surface area contributed by atoms with Gasteiger partial charge in [0.2, 0.25) is 5.84 Å². The Kier molecular flexibility index (Phi) is 9.02. The Bertz CT molecular complexity index is 1390. The molecule has 1 aliphatic heterocycles. The minimum atomic E-state index is -4.98. The van der Waals surface area contributed by atoms with Crippen molar-refractivity contribution in [3.63, 3.8) is 0 Å². The van der Waals surface area contributed by atoms with Crippen molar-refractivity contribution in [1.29, 1.82) is 0 Å². The van der Waals surface area contributed by atoms with Gasteiger partial charge in [-0.05, 0) is 49.2 Å². The lowest BCUT2D eigenvalue weighted by Crippen LogP contribution is -2.47. The standard InChI is InChI=1S/C25H25ClF3N7O4/c26-17-9-7-16(8-10-17)22(30)34(14-20(37)25(27,28)29)24(39)31-13-21-32-15-35(33-21)19-6-2-1-5-18(19)23(38)36-11-3-4-12-40-36/h1-2,5-10,15,20,30,37H,3-4,11-14H2,(H,31,39)/p+1/t20-/m0/s1. The molecule has 1 saturated heterocycles. The molecule has 1 atom stereocenters. The lowest BCUT2D eigenvalue weighted by molar-refractivity contribution is -0.455. The van der Waals surface area contributed by atoms with Gasteiger partial charge in [0.15, 0.2) is 11.9 Å². The maximum Gasteiger partial charge on any atom is 0.436 e. The molecule has 2 aromatic carbocycles. The zero-order valence-corrected chi connectivity index (χ0v) is 21.8. The predicted octanol–water partition coefficient (Wildman–Crippen LogP) is 2.64. The summed E-state index contributed by atoms with van der Waals surface area (Å²) >= 11 is 5.86. The van der Waals surface area contributed by atoms with Crippen LogP contribution in [0.3, 0.4) is 0 Å². The van der Waals surface area contributed by atoms with Crippen molar-refractivity contribution in [3.8, 4) is 5.69 Å². The van der Waals surface area contributed by atoms with Gasteiger partial charge in [-0.3, -0.25) is 14.9 Å². The zero-order valence-electron chi connectivity index (χ0n) is 21.0. The van der Waals surface area contributed by atoms with Gasteiger partial charge in [-0.1, -0.05) is 23.7 Å². The summed E-state index contributed by atoms with van der Waals surface area (Å²) in [5.41, 5.74) is 6.97. The predicted molar refractivity (Wildman–Crippen MR) is 137 cm³/mol. The largest absolute Gasteiger partial charge is 0.436 e. The van der Waals surface area contributed by atoms with E-state index in [0.717, 1.165) is 12.8 Å². The van der Waals surface area contributed by atoms with Crippen molar-refractivity contribution >= 4 is 29.4 Å². The van der Waals surface area contributed by atoms with Crippen LogP contribution in [0.1, 0.15) is 34.6 Å². The van der Waals surface area contributed by atoms with Gasteiger partial charge in [-0.2, -0.15) is 17.7 Å². The molecule has 1 aliphatic rings. The monoisotopic (exact) mass is 580 g/mol. The molecule has 4 N–H and O–H groups in total. The number of aromatic nitrogens is 3. The van der Waals surface area contributed by atoms with E-state index < -0.39 is 24.9 Å². The molecule has 0 spiro atoms. The van der Waals surface area contributed by atoms with Crippen LogP contribution in [0.15, 0.2) is 54.9 Å². The number of amides is 3. The number of hydroxylamine groups is 2. The first-order valence-corrected chi connectivity index (χ1v) is 12.6. The van der Waals surface area contributed by atoms with Crippen molar-refractivity contribution in [1.82, 2.24) is 25.1 Å². The van der Waals surface area contributed by atoms with Gasteiger partial charge in [0.05, 0.1) is 17.9 Å². The average Bonchev–Trinajstić information content (AvgIpc) is 3.43. The van der Waals surface area contributed by atoms with Gasteiger partial charge in [0, 0.05) is 17.1 Å². The van der Waals surface area contributed by atoms with Crippen LogP contribution in [0.4, 0.5) is 18.0 Å². The lowest BCUT2D eigenvalue weighted by Gasteiger charge is -2.26. The van der Waals surface area contributed by atoms with Crippen LogP contribution in [0, 0.1) is 0 Å². The highest BCUT2D eigenvalue weighted by Gasteiger charge is 2.41. The fraction of sp³-hybridized carbons (Fsp3) is 0.320. The van der Waals surface area contributed by atoms with Crippen molar-refractivity contribution in [3.05, 3.63) is 76.8 Å². The normalized spacial score (nSPS) is 15.4. The van der Waals surface area contributed by atoms with Crippen molar-refractivity contribution in [2.75, 3.05) is 19.7 Å². The number of carbonyl (C=O) groups is 2. The fourth-order valence-corrected chi connectivity index (χ4v) is 3.96. The number of nitrogens with one attached hydrogen (secondary N) is 1. The number of benzene rings is 2. The first-order valence-electron chi connectivity index (χ1n) is 12.2. The number of carbonyl (C=O) groups excluding carboxylic acids is 2. The minimum Gasteiger partial charge on any atom is -0.381 e. The molecule has 1 fully saturated rings. The van der Waals surface area contributed by atoms with Crippen LogP contribution in [0.2, 0.25) is 5.02 Å². The first kappa shape index (κ1) is 29.0. The van der Waals surface area contributed by atoms with Crippen LogP contribution in [0.25, 0.3) is 5.69 Å². The van der Waals surface area contributed by atoms with Gasteiger partial charge < -0.3 is 10.8 Å². The number of rotatable bonds is 7. The summed E-state index contributed by atoms with van der Waals surface area (Å²) < 4.78 is 41.2. The third-order valence-corrected chi connectivity index (χ3v) is 6.21. The van der Waals surface area contributed by atoms with Crippen molar-refractivity contribution in [2.24, 2.45) is 5.73 Å². The molecule has 4 rings (SSSR count). The van der Waals surface area contributed by atoms with Crippen LogP contribution in [-0.2, 0) is 11.4 Å². The maximum atomic E-state index is 13.1. The topological polar surface area (TPSA) is 139 Å². The van der Waals surface area contributed by atoms with Gasteiger partial charge >= 0.3 is 12.2 Å². The maximum absolute atomic E-state index is 13.1. The number of halogens is 4. The number of aliphatic hydroxyl groups excluding tert-OH is 1. The molecule has 0 aliphatic carbocycles. The number of amidine groups is 1. The second kappa shape index (κ2) is 12.4. The van der Waals surface area contributed by atoms with Crippen molar-refractivity contribution in [2.45, 2.75) is 31.7 Å². The molecule has 11 nitrogen and oxygen atoms in total. The first-order chi connectivity index (χ1) is 19.0. The number of nitrogens with zero attached hydrogens (tertiary/aromatic N) is 5. The number of nitrogens with two attached hydrogens (primary N) is 1. The number of hydrogen-bond donors (Lipinski definition) is 3. The molecule has 3 amide bonds. The molecule has 3 aromatic rings. The molecule has 15 heteroatoms. The Balaban J connectivity index is 1.52.